The first-order valence-electron chi connectivity index (χ1n) is 4.58. The molecule has 0 radical (unpaired) electrons. The largest absolute Gasteiger partial charge is 0.497 e. The zero-order valence-electron chi connectivity index (χ0n) is 8.95. The summed E-state index contributed by atoms with van der Waals surface area (Å²) in [6.45, 7) is 0.790. The molecule has 80 valence electrons. The van der Waals surface area contributed by atoms with Crippen LogP contribution in [0.2, 0.25) is 0 Å². The van der Waals surface area contributed by atoms with E-state index in [0.29, 0.717) is 13.2 Å². The number of ether oxygens (including phenoxy) is 3. The average molecular weight is 206 g/mol. The summed E-state index contributed by atoms with van der Waals surface area (Å²) in [7, 11) is 3.23. The highest BCUT2D eigenvalue weighted by molar-refractivity contribution is 5.33. The van der Waals surface area contributed by atoms with Gasteiger partial charge < -0.3 is 14.2 Å². The molecule has 0 aliphatic carbocycles. The zero-order valence-corrected chi connectivity index (χ0v) is 8.95. The van der Waals surface area contributed by atoms with Crippen LogP contribution in [0.1, 0.15) is 0 Å². The van der Waals surface area contributed by atoms with Gasteiger partial charge in [-0.15, -0.1) is 0 Å². The minimum atomic E-state index is 0.358. The fourth-order valence-corrected chi connectivity index (χ4v) is 0.985. The fraction of sp³-hybridized carbons (Fsp3) is 0.333. The molecule has 3 nitrogen and oxygen atoms in total. The molecule has 0 amide bonds. The quantitative estimate of drug-likeness (QED) is 0.702. The van der Waals surface area contributed by atoms with Gasteiger partial charge in [0.2, 0.25) is 0 Å². The van der Waals surface area contributed by atoms with Crippen molar-refractivity contribution in [2.24, 2.45) is 0 Å². The van der Waals surface area contributed by atoms with E-state index in [9.17, 15) is 0 Å². The Morgan fingerprint density at radius 2 is 1.80 bits per heavy atom. The maximum absolute atomic E-state index is 5.39. The Morgan fingerprint density at radius 3 is 2.53 bits per heavy atom. The van der Waals surface area contributed by atoms with Crippen molar-refractivity contribution >= 4 is 0 Å². The number of benzene rings is 1. The topological polar surface area (TPSA) is 27.7 Å². The molecule has 0 saturated carbocycles. The van der Waals surface area contributed by atoms with Gasteiger partial charge in [-0.05, 0) is 12.1 Å². The van der Waals surface area contributed by atoms with E-state index in [1.165, 1.54) is 0 Å². The van der Waals surface area contributed by atoms with E-state index in [4.69, 9.17) is 14.2 Å². The Morgan fingerprint density at radius 1 is 1.07 bits per heavy atom. The van der Waals surface area contributed by atoms with Gasteiger partial charge in [0.25, 0.3) is 0 Å². The van der Waals surface area contributed by atoms with Gasteiger partial charge in [0, 0.05) is 13.2 Å². The normalized spacial score (nSPS) is 8.93. The molecule has 1 rings (SSSR count). The van der Waals surface area contributed by atoms with Crippen LogP contribution in [0.4, 0.5) is 0 Å². The molecule has 0 aromatic heterocycles. The Balaban J connectivity index is 2.41. The van der Waals surface area contributed by atoms with Crippen LogP contribution in [-0.2, 0) is 4.74 Å². The third-order valence-corrected chi connectivity index (χ3v) is 1.69. The van der Waals surface area contributed by atoms with Gasteiger partial charge in [0.15, 0.2) is 0 Å². The maximum atomic E-state index is 5.39. The van der Waals surface area contributed by atoms with Crippen molar-refractivity contribution in [2.75, 3.05) is 27.4 Å². The van der Waals surface area contributed by atoms with Gasteiger partial charge in [0.1, 0.15) is 24.7 Å². The molecule has 0 bridgehead atoms. The minimum absolute atomic E-state index is 0.358. The molecule has 1 aromatic rings. The molecule has 0 spiro atoms. The van der Waals surface area contributed by atoms with E-state index in [-0.39, 0.29) is 0 Å². The van der Waals surface area contributed by atoms with E-state index in [2.05, 4.69) is 11.8 Å². The lowest BCUT2D eigenvalue weighted by Gasteiger charge is -2.03. The smallest absolute Gasteiger partial charge is 0.149 e. The average Bonchev–Trinajstić information content (AvgIpc) is 2.29. The van der Waals surface area contributed by atoms with Crippen molar-refractivity contribution in [1.82, 2.24) is 0 Å². The van der Waals surface area contributed by atoms with E-state index in [1.807, 2.05) is 24.3 Å². The Bertz CT molecular complexity index is 349. The van der Waals surface area contributed by atoms with E-state index >= 15 is 0 Å². The van der Waals surface area contributed by atoms with Crippen LogP contribution in [0, 0.1) is 11.8 Å². The van der Waals surface area contributed by atoms with E-state index in [1.54, 1.807) is 14.2 Å². The lowest BCUT2D eigenvalue weighted by molar-refractivity contribution is 0.239. The molecule has 0 N–H and O–H groups in total. The second-order valence-corrected chi connectivity index (χ2v) is 2.75. The molecule has 0 fully saturated rings. The van der Waals surface area contributed by atoms with Crippen molar-refractivity contribution in [3.05, 3.63) is 24.3 Å². The number of rotatable bonds is 4. The summed E-state index contributed by atoms with van der Waals surface area (Å²) in [5.74, 6) is 7.17. The molecule has 0 aliphatic rings. The number of methoxy groups -OCH3 is 2. The van der Waals surface area contributed by atoms with E-state index in [0.717, 1.165) is 11.5 Å². The van der Waals surface area contributed by atoms with Gasteiger partial charge in [-0.1, -0.05) is 17.9 Å². The monoisotopic (exact) mass is 206 g/mol. The third-order valence-electron chi connectivity index (χ3n) is 1.69. The predicted molar refractivity (Wildman–Crippen MR) is 58.1 cm³/mol. The lowest BCUT2D eigenvalue weighted by Crippen LogP contribution is -1.95. The minimum Gasteiger partial charge on any atom is -0.497 e. The summed E-state index contributed by atoms with van der Waals surface area (Å²) in [5, 5.41) is 0. The fourth-order valence-electron chi connectivity index (χ4n) is 0.985. The first-order valence-corrected chi connectivity index (χ1v) is 4.58. The highest BCUT2D eigenvalue weighted by Gasteiger charge is 1.94. The van der Waals surface area contributed by atoms with Crippen LogP contribution in [0.15, 0.2) is 24.3 Å². The van der Waals surface area contributed by atoms with Crippen LogP contribution in [0.3, 0.4) is 0 Å². The Hall–Kier alpha value is -1.66. The summed E-state index contributed by atoms with van der Waals surface area (Å²) in [5.41, 5.74) is 0. The third kappa shape index (κ3) is 4.39. The standard InChI is InChI=1S/C12H14O3/c1-13-8-3-4-9-15-12-7-5-6-11(10-12)14-2/h5-7,10H,8-9H2,1-2H3. The number of hydrogen-bond acceptors (Lipinski definition) is 3. The van der Waals surface area contributed by atoms with Crippen LogP contribution in [0.5, 0.6) is 11.5 Å². The Kier molecular flexibility index (Phi) is 5.13. The maximum Gasteiger partial charge on any atom is 0.149 e. The second-order valence-electron chi connectivity index (χ2n) is 2.75. The summed E-state index contributed by atoms with van der Waals surface area (Å²) in [6, 6.07) is 7.42. The van der Waals surface area contributed by atoms with Crippen LogP contribution >= 0.6 is 0 Å². The summed E-state index contributed by atoms with van der Waals surface area (Å²) < 4.78 is 15.2. The SMILES string of the molecule is COCC#CCOc1cccc(OC)c1. The van der Waals surface area contributed by atoms with Gasteiger partial charge in [-0.2, -0.15) is 0 Å². The van der Waals surface area contributed by atoms with Crippen LogP contribution < -0.4 is 9.47 Å². The lowest BCUT2D eigenvalue weighted by atomic mass is 10.3. The van der Waals surface area contributed by atoms with Crippen LogP contribution in [0.25, 0.3) is 0 Å². The number of hydrogen-bond donors (Lipinski definition) is 0. The van der Waals surface area contributed by atoms with Gasteiger partial charge in [-0.3, -0.25) is 0 Å². The van der Waals surface area contributed by atoms with E-state index < -0.39 is 0 Å². The van der Waals surface area contributed by atoms with Gasteiger partial charge >= 0.3 is 0 Å². The van der Waals surface area contributed by atoms with Crippen molar-refractivity contribution in [1.29, 1.82) is 0 Å². The van der Waals surface area contributed by atoms with Crippen molar-refractivity contribution in [3.63, 3.8) is 0 Å². The van der Waals surface area contributed by atoms with Crippen molar-refractivity contribution in [3.8, 4) is 23.3 Å². The molecule has 3 heteroatoms. The molecule has 0 heterocycles. The van der Waals surface area contributed by atoms with Gasteiger partial charge in [0.05, 0.1) is 7.11 Å². The molecule has 0 atom stereocenters. The van der Waals surface area contributed by atoms with Crippen LogP contribution in [-0.4, -0.2) is 27.4 Å². The summed E-state index contributed by atoms with van der Waals surface area (Å²) >= 11 is 0. The molecular weight excluding hydrogens is 192 g/mol. The summed E-state index contributed by atoms with van der Waals surface area (Å²) in [6.07, 6.45) is 0. The summed E-state index contributed by atoms with van der Waals surface area (Å²) in [4.78, 5) is 0. The molecule has 15 heavy (non-hydrogen) atoms. The van der Waals surface area contributed by atoms with Crippen molar-refractivity contribution in [2.45, 2.75) is 0 Å². The van der Waals surface area contributed by atoms with Gasteiger partial charge in [-0.25, -0.2) is 0 Å². The highest BCUT2D eigenvalue weighted by atomic mass is 16.5. The molecule has 1 aromatic carbocycles. The first kappa shape index (κ1) is 11.4. The molecule has 0 unspecified atom stereocenters. The molecular formula is C12H14O3. The highest BCUT2D eigenvalue weighted by Crippen LogP contribution is 2.18. The predicted octanol–water partition coefficient (Wildman–Crippen LogP) is 1.72. The zero-order chi connectivity index (χ0) is 10.9. The molecule has 0 aliphatic heterocycles. The van der Waals surface area contributed by atoms with Crippen molar-refractivity contribution < 1.29 is 14.2 Å². The Labute approximate surface area is 90.0 Å². The molecule has 0 saturated heterocycles. The second kappa shape index (κ2) is 6.74. The first-order chi connectivity index (χ1) is 7.36.